The molecule has 1 saturated heterocycles. The van der Waals surface area contributed by atoms with Crippen LogP contribution in [0.15, 0.2) is 30.5 Å². The number of rotatable bonds is 4. The molecule has 2 aromatic rings. The Kier molecular flexibility index (Phi) is 4.22. The molecule has 1 aromatic heterocycles. The van der Waals surface area contributed by atoms with Gasteiger partial charge in [0.05, 0.1) is 7.11 Å². The van der Waals surface area contributed by atoms with Gasteiger partial charge in [-0.1, -0.05) is 6.07 Å². The fraction of sp³-hybridized carbons (Fsp3) is 0.438. The Morgan fingerprint density at radius 3 is 2.71 bits per heavy atom. The zero-order chi connectivity index (χ0) is 14.7. The van der Waals surface area contributed by atoms with Crippen LogP contribution in [-0.2, 0) is 0 Å². The largest absolute Gasteiger partial charge is 0.497 e. The monoisotopic (exact) mass is 286 g/mol. The van der Waals surface area contributed by atoms with Crippen molar-refractivity contribution in [3.05, 3.63) is 30.5 Å². The highest BCUT2D eigenvalue weighted by atomic mass is 16.5. The lowest BCUT2D eigenvalue weighted by molar-refractivity contribution is 0.264. The van der Waals surface area contributed by atoms with Crippen LogP contribution in [0.4, 0.5) is 5.82 Å². The van der Waals surface area contributed by atoms with E-state index in [1.165, 1.54) is 5.39 Å². The quantitative estimate of drug-likeness (QED) is 0.919. The minimum atomic E-state index is 0.726. The van der Waals surface area contributed by atoms with Gasteiger partial charge < -0.3 is 15.4 Å². The van der Waals surface area contributed by atoms with Crippen LogP contribution in [0.2, 0.25) is 0 Å². The number of nitrogens with zero attached hydrogens (tertiary/aromatic N) is 3. The Balaban J connectivity index is 1.87. The summed E-state index contributed by atoms with van der Waals surface area (Å²) in [5.74, 6) is 1.93. The number of hydrogen-bond acceptors (Lipinski definition) is 5. The van der Waals surface area contributed by atoms with E-state index in [1.807, 2.05) is 18.3 Å². The highest BCUT2D eigenvalue weighted by molar-refractivity contribution is 5.93. The molecular formula is C16H22N4O. The van der Waals surface area contributed by atoms with Gasteiger partial charge >= 0.3 is 0 Å². The van der Waals surface area contributed by atoms with Gasteiger partial charge in [0.2, 0.25) is 0 Å². The van der Waals surface area contributed by atoms with E-state index in [0.29, 0.717) is 0 Å². The number of benzene rings is 1. The topological polar surface area (TPSA) is 54.6 Å². The molecule has 0 atom stereocenters. The normalized spacial score (nSPS) is 16.4. The van der Waals surface area contributed by atoms with Crippen molar-refractivity contribution in [2.24, 2.45) is 5.73 Å². The summed E-state index contributed by atoms with van der Waals surface area (Å²) >= 11 is 0. The van der Waals surface area contributed by atoms with Crippen molar-refractivity contribution >= 4 is 16.6 Å². The Morgan fingerprint density at radius 1 is 1.19 bits per heavy atom. The summed E-state index contributed by atoms with van der Waals surface area (Å²) in [6.07, 6.45) is 1.89. The number of hydrogen-bond donors (Lipinski definition) is 1. The fourth-order valence-electron chi connectivity index (χ4n) is 2.88. The number of ether oxygens (including phenoxy) is 1. The number of nitrogens with two attached hydrogens (primary N) is 1. The predicted octanol–water partition coefficient (Wildman–Crippen LogP) is 1.32. The molecule has 2 N–H and O–H groups in total. The molecule has 0 aliphatic carbocycles. The van der Waals surface area contributed by atoms with Gasteiger partial charge in [-0.3, -0.25) is 4.90 Å². The van der Waals surface area contributed by atoms with Crippen LogP contribution in [0.25, 0.3) is 10.8 Å². The first-order chi connectivity index (χ1) is 10.3. The summed E-state index contributed by atoms with van der Waals surface area (Å²) in [6.45, 7) is 5.76. The lowest BCUT2D eigenvalue weighted by Gasteiger charge is -2.35. The number of aromatic nitrogens is 1. The second kappa shape index (κ2) is 6.28. The maximum Gasteiger partial charge on any atom is 0.136 e. The maximum atomic E-state index is 5.63. The van der Waals surface area contributed by atoms with E-state index in [4.69, 9.17) is 10.5 Å². The molecule has 21 heavy (non-hydrogen) atoms. The number of methoxy groups -OCH3 is 1. The van der Waals surface area contributed by atoms with E-state index in [-0.39, 0.29) is 0 Å². The average molecular weight is 286 g/mol. The summed E-state index contributed by atoms with van der Waals surface area (Å²) in [5.41, 5.74) is 5.63. The van der Waals surface area contributed by atoms with Crippen LogP contribution in [0.5, 0.6) is 5.75 Å². The fourth-order valence-corrected chi connectivity index (χ4v) is 2.88. The summed E-state index contributed by atoms with van der Waals surface area (Å²) in [7, 11) is 1.70. The standard InChI is InChI=1S/C16H22N4O/c1-21-14-3-2-13-4-6-18-16(15(13)12-14)20-10-8-19(7-5-17)9-11-20/h2-4,6,12H,5,7-11,17H2,1H3. The van der Waals surface area contributed by atoms with Crippen LogP contribution >= 0.6 is 0 Å². The van der Waals surface area contributed by atoms with E-state index >= 15 is 0 Å². The summed E-state index contributed by atoms with van der Waals surface area (Å²) in [6, 6.07) is 8.20. The Labute approximate surface area is 125 Å². The van der Waals surface area contributed by atoms with Crippen molar-refractivity contribution in [3.63, 3.8) is 0 Å². The molecule has 0 radical (unpaired) electrons. The highest BCUT2D eigenvalue weighted by Gasteiger charge is 2.19. The SMILES string of the molecule is COc1ccc2ccnc(N3CCN(CCN)CC3)c2c1. The first-order valence-corrected chi connectivity index (χ1v) is 7.42. The molecular weight excluding hydrogens is 264 g/mol. The molecule has 0 bridgehead atoms. The molecule has 0 amide bonds. The van der Waals surface area contributed by atoms with Crippen LogP contribution in [0.3, 0.4) is 0 Å². The van der Waals surface area contributed by atoms with Crippen molar-refractivity contribution < 1.29 is 4.74 Å². The number of pyridine rings is 1. The smallest absolute Gasteiger partial charge is 0.136 e. The number of piperazine rings is 1. The van der Waals surface area contributed by atoms with Gasteiger partial charge in [0.25, 0.3) is 0 Å². The molecule has 3 rings (SSSR count). The van der Waals surface area contributed by atoms with Gasteiger partial charge in [0.15, 0.2) is 0 Å². The lowest BCUT2D eigenvalue weighted by Crippen LogP contribution is -2.48. The molecule has 2 heterocycles. The first-order valence-electron chi connectivity index (χ1n) is 7.42. The van der Waals surface area contributed by atoms with Crippen molar-refractivity contribution in [1.82, 2.24) is 9.88 Å². The third-order valence-corrected chi connectivity index (χ3v) is 4.07. The Hall–Kier alpha value is -1.85. The zero-order valence-corrected chi connectivity index (χ0v) is 12.5. The van der Waals surface area contributed by atoms with Crippen LogP contribution in [-0.4, -0.2) is 56.3 Å². The molecule has 5 nitrogen and oxygen atoms in total. The third kappa shape index (κ3) is 2.94. The Bertz CT molecular complexity index is 608. The predicted molar refractivity (Wildman–Crippen MR) is 86.0 cm³/mol. The van der Waals surface area contributed by atoms with Crippen molar-refractivity contribution in [3.8, 4) is 5.75 Å². The zero-order valence-electron chi connectivity index (χ0n) is 12.5. The van der Waals surface area contributed by atoms with Crippen LogP contribution in [0.1, 0.15) is 0 Å². The van der Waals surface area contributed by atoms with Gasteiger partial charge in [0, 0.05) is 50.9 Å². The average Bonchev–Trinajstić information content (AvgIpc) is 2.55. The number of anilines is 1. The third-order valence-electron chi connectivity index (χ3n) is 4.07. The van der Waals surface area contributed by atoms with Crippen LogP contribution in [0, 0.1) is 0 Å². The van der Waals surface area contributed by atoms with Crippen LogP contribution < -0.4 is 15.4 Å². The summed E-state index contributed by atoms with van der Waals surface area (Å²) in [5, 5.41) is 2.36. The molecule has 112 valence electrons. The summed E-state index contributed by atoms with van der Waals surface area (Å²) in [4.78, 5) is 9.37. The van der Waals surface area contributed by atoms with Crippen molar-refractivity contribution in [2.75, 3.05) is 51.3 Å². The van der Waals surface area contributed by atoms with Gasteiger partial charge in [-0.2, -0.15) is 0 Å². The van der Waals surface area contributed by atoms with Crippen molar-refractivity contribution in [1.29, 1.82) is 0 Å². The van der Waals surface area contributed by atoms with E-state index in [0.717, 1.165) is 56.2 Å². The van der Waals surface area contributed by atoms with Gasteiger partial charge in [-0.05, 0) is 23.6 Å². The maximum absolute atomic E-state index is 5.63. The van der Waals surface area contributed by atoms with Gasteiger partial charge in [-0.15, -0.1) is 0 Å². The van der Waals surface area contributed by atoms with E-state index < -0.39 is 0 Å². The molecule has 1 fully saturated rings. The molecule has 0 saturated carbocycles. The molecule has 1 aliphatic heterocycles. The second-order valence-corrected chi connectivity index (χ2v) is 5.34. The van der Waals surface area contributed by atoms with E-state index in [2.05, 4.69) is 26.9 Å². The van der Waals surface area contributed by atoms with Crippen molar-refractivity contribution in [2.45, 2.75) is 0 Å². The Morgan fingerprint density at radius 2 is 2.00 bits per heavy atom. The minimum Gasteiger partial charge on any atom is -0.497 e. The molecule has 1 aliphatic rings. The minimum absolute atomic E-state index is 0.726. The highest BCUT2D eigenvalue weighted by Crippen LogP contribution is 2.28. The van der Waals surface area contributed by atoms with E-state index in [9.17, 15) is 0 Å². The molecule has 1 aromatic carbocycles. The molecule has 0 spiro atoms. The second-order valence-electron chi connectivity index (χ2n) is 5.34. The lowest BCUT2D eigenvalue weighted by atomic mass is 10.1. The van der Waals surface area contributed by atoms with Gasteiger partial charge in [-0.25, -0.2) is 4.98 Å². The van der Waals surface area contributed by atoms with Gasteiger partial charge in [0.1, 0.15) is 11.6 Å². The molecule has 0 unspecified atom stereocenters. The first kappa shape index (κ1) is 14.1. The van der Waals surface area contributed by atoms with E-state index in [1.54, 1.807) is 7.11 Å². The summed E-state index contributed by atoms with van der Waals surface area (Å²) < 4.78 is 5.35. The number of fused-ring (bicyclic) bond motifs is 1. The molecule has 5 heteroatoms.